The second-order valence-corrected chi connectivity index (χ2v) is 5.75. The Morgan fingerprint density at radius 1 is 1.04 bits per heavy atom. The Kier molecular flexibility index (Phi) is 4.02. The minimum Gasteiger partial charge on any atom is -0.350 e. The smallest absolute Gasteiger partial charge is 0.245 e. The highest BCUT2D eigenvalue weighted by atomic mass is 15.3. The van der Waals surface area contributed by atoms with Gasteiger partial charge in [-0.1, -0.05) is 30.3 Å². The van der Waals surface area contributed by atoms with Gasteiger partial charge >= 0.3 is 0 Å². The molecule has 0 saturated carbocycles. The zero-order valence-corrected chi connectivity index (χ0v) is 13.3. The molecule has 1 aliphatic heterocycles. The SMILES string of the molecule is c1ccc(CNc2nncc(N3CCc4ccccc4C3)n2)nc1. The molecule has 6 nitrogen and oxygen atoms in total. The van der Waals surface area contributed by atoms with Gasteiger partial charge in [0.1, 0.15) is 0 Å². The first kappa shape index (κ1) is 14.6. The first-order valence-corrected chi connectivity index (χ1v) is 8.04. The molecule has 0 unspecified atom stereocenters. The van der Waals surface area contributed by atoms with Crippen LogP contribution in [0.25, 0.3) is 0 Å². The summed E-state index contributed by atoms with van der Waals surface area (Å²) in [6, 6.07) is 14.4. The highest BCUT2D eigenvalue weighted by Gasteiger charge is 2.17. The number of rotatable bonds is 4. The summed E-state index contributed by atoms with van der Waals surface area (Å²) in [5.41, 5.74) is 3.72. The summed E-state index contributed by atoms with van der Waals surface area (Å²) in [5.74, 6) is 1.38. The van der Waals surface area contributed by atoms with Crippen LogP contribution in [-0.2, 0) is 19.5 Å². The first-order chi connectivity index (χ1) is 11.9. The Balaban J connectivity index is 1.47. The summed E-state index contributed by atoms with van der Waals surface area (Å²) < 4.78 is 0. The van der Waals surface area contributed by atoms with Gasteiger partial charge < -0.3 is 10.2 Å². The zero-order valence-electron chi connectivity index (χ0n) is 13.3. The summed E-state index contributed by atoms with van der Waals surface area (Å²) in [6.07, 6.45) is 4.52. The molecule has 0 fully saturated rings. The van der Waals surface area contributed by atoms with Crippen LogP contribution in [0.5, 0.6) is 0 Å². The average molecular weight is 318 g/mol. The second-order valence-electron chi connectivity index (χ2n) is 5.75. The average Bonchev–Trinajstić information content (AvgIpc) is 2.67. The van der Waals surface area contributed by atoms with Gasteiger partial charge in [0, 0.05) is 19.3 Å². The van der Waals surface area contributed by atoms with Crippen molar-refractivity contribution in [2.75, 3.05) is 16.8 Å². The number of fused-ring (bicyclic) bond motifs is 1. The fourth-order valence-electron chi connectivity index (χ4n) is 2.89. The number of nitrogens with zero attached hydrogens (tertiary/aromatic N) is 5. The van der Waals surface area contributed by atoms with Crippen molar-refractivity contribution < 1.29 is 0 Å². The monoisotopic (exact) mass is 318 g/mol. The van der Waals surface area contributed by atoms with E-state index in [2.05, 4.69) is 54.6 Å². The molecule has 120 valence electrons. The predicted octanol–water partition coefficient (Wildman–Crippen LogP) is 2.44. The first-order valence-electron chi connectivity index (χ1n) is 8.04. The maximum Gasteiger partial charge on any atom is 0.245 e. The molecule has 3 heterocycles. The van der Waals surface area contributed by atoms with Crippen molar-refractivity contribution in [1.29, 1.82) is 0 Å². The van der Waals surface area contributed by atoms with Gasteiger partial charge in [-0.2, -0.15) is 10.1 Å². The van der Waals surface area contributed by atoms with E-state index in [1.807, 2.05) is 18.2 Å². The van der Waals surface area contributed by atoms with Crippen molar-refractivity contribution in [2.24, 2.45) is 0 Å². The van der Waals surface area contributed by atoms with E-state index in [1.165, 1.54) is 11.1 Å². The van der Waals surface area contributed by atoms with Gasteiger partial charge in [-0.05, 0) is 29.7 Å². The molecule has 24 heavy (non-hydrogen) atoms. The minimum absolute atomic E-state index is 0.525. The number of anilines is 2. The van der Waals surface area contributed by atoms with Crippen molar-refractivity contribution in [2.45, 2.75) is 19.5 Å². The van der Waals surface area contributed by atoms with E-state index in [4.69, 9.17) is 0 Å². The van der Waals surface area contributed by atoms with E-state index in [9.17, 15) is 0 Å². The van der Waals surface area contributed by atoms with E-state index >= 15 is 0 Å². The Bertz CT molecular complexity index is 821. The molecule has 0 radical (unpaired) electrons. The maximum atomic E-state index is 4.60. The summed E-state index contributed by atoms with van der Waals surface area (Å²) in [4.78, 5) is 11.1. The summed E-state index contributed by atoms with van der Waals surface area (Å²) >= 11 is 0. The van der Waals surface area contributed by atoms with Crippen LogP contribution < -0.4 is 10.2 Å². The molecule has 3 aromatic rings. The topological polar surface area (TPSA) is 66.8 Å². The second kappa shape index (κ2) is 6.62. The largest absolute Gasteiger partial charge is 0.350 e. The molecule has 1 aliphatic rings. The van der Waals surface area contributed by atoms with Crippen LogP contribution in [-0.4, -0.2) is 26.7 Å². The molecule has 1 N–H and O–H groups in total. The van der Waals surface area contributed by atoms with Crippen molar-refractivity contribution in [3.63, 3.8) is 0 Å². The minimum atomic E-state index is 0.525. The lowest BCUT2D eigenvalue weighted by atomic mass is 10.0. The molecule has 0 amide bonds. The Labute approximate surface area is 140 Å². The molecule has 0 aliphatic carbocycles. The van der Waals surface area contributed by atoms with Crippen LogP contribution in [0.1, 0.15) is 16.8 Å². The van der Waals surface area contributed by atoms with Crippen molar-refractivity contribution >= 4 is 11.8 Å². The molecular formula is C18H18N6. The fourth-order valence-corrected chi connectivity index (χ4v) is 2.89. The predicted molar refractivity (Wildman–Crippen MR) is 92.6 cm³/mol. The number of hydrogen-bond acceptors (Lipinski definition) is 6. The van der Waals surface area contributed by atoms with Crippen LogP contribution in [0.4, 0.5) is 11.8 Å². The highest BCUT2D eigenvalue weighted by Crippen LogP contribution is 2.22. The van der Waals surface area contributed by atoms with Gasteiger partial charge in [0.2, 0.25) is 5.95 Å². The van der Waals surface area contributed by atoms with Crippen LogP contribution in [0, 0.1) is 0 Å². The normalized spacial score (nSPS) is 13.4. The standard InChI is InChI=1S/C18H18N6/c1-2-6-15-13-24(10-8-14(15)5-1)17-12-21-23-18(22-17)20-11-16-7-3-4-9-19-16/h1-7,9,12H,8,10-11,13H2,(H,20,22,23). The number of pyridine rings is 1. The highest BCUT2D eigenvalue weighted by molar-refractivity contribution is 5.45. The van der Waals surface area contributed by atoms with Crippen molar-refractivity contribution in [3.8, 4) is 0 Å². The van der Waals surface area contributed by atoms with E-state index in [0.717, 1.165) is 31.0 Å². The van der Waals surface area contributed by atoms with Gasteiger partial charge in [-0.25, -0.2) is 0 Å². The summed E-state index contributed by atoms with van der Waals surface area (Å²) in [6.45, 7) is 2.37. The van der Waals surface area contributed by atoms with Crippen LogP contribution in [0.15, 0.2) is 54.9 Å². The third-order valence-electron chi connectivity index (χ3n) is 4.15. The van der Waals surface area contributed by atoms with Crippen molar-refractivity contribution in [3.05, 3.63) is 71.7 Å². The van der Waals surface area contributed by atoms with Crippen LogP contribution in [0.2, 0.25) is 0 Å². The van der Waals surface area contributed by atoms with Gasteiger partial charge in [0.15, 0.2) is 5.82 Å². The summed E-state index contributed by atoms with van der Waals surface area (Å²) in [7, 11) is 0. The summed E-state index contributed by atoms with van der Waals surface area (Å²) in [5, 5.41) is 11.3. The zero-order chi connectivity index (χ0) is 16.2. The number of nitrogens with one attached hydrogen (secondary N) is 1. The van der Waals surface area contributed by atoms with Gasteiger partial charge in [-0.15, -0.1) is 5.10 Å². The lowest BCUT2D eigenvalue weighted by molar-refractivity contribution is 0.714. The molecule has 4 rings (SSSR count). The van der Waals surface area contributed by atoms with Gasteiger partial charge in [0.25, 0.3) is 0 Å². The lowest BCUT2D eigenvalue weighted by Gasteiger charge is -2.29. The van der Waals surface area contributed by atoms with Crippen molar-refractivity contribution in [1.82, 2.24) is 20.2 Å². The Morgan fingerprint density at radius 3 is 2.79 bits per heavy atom. The van der Waals surface area contributed by atoms with Gasteiger partial charge in [-0.3, -0.25) is 4.98 Å². The van der Waals surface area contributed by atoms with E-state index in [1.54, 1.807) is 12.4 Å². The maximum absolute atomic E-state index is 4.60. The third-order valence-corrected chi connectivity index (χ3v) is 4.15. The van der Waals surface area contributed by atoms with E-state index in [-0.39, 0.29) is 0 Å². The number of aromatic nitrogens is 4. The molecule has 0 saturated heterocycles. The number of benzene rings is 1. The lowest BCUT2D eigenvalue weighted by Crippen LogP contribution is -2.31. The van der Waals surface area contributed by atoms with E-state index in [0.29, 0.717) is 12.5 Å². The fraction of sp³-hybridized carbons (Fsp3) is 0.222. The quantitative estimate of drug-likeness (QED) is 0.797. The molecular weight excluding hydrogens is 300 g/mol. The molecule has 0 atom stereocenters. The molecule has 0 bridgehead atoms. The third kappa shape index (κ3) is 3.17. The molecule has 0 spiro atoms. The molecule has 6 heteroatoms. The number of hydrogen-bond donors (Lipinski definition) is 1. The molecule has 1 aromatic carbocycles. The van der Waals surface area contributed by atoms with E-state index < -0.39 is 0 Å². The van der Waals surface area contributed by atoms with Gasteiger partial charge in [0.05, 0.1) is 18.4 Å². The van der Waals surface area contributed by atoms with Crippen LogP contribution >= 0.6 is 0 Å². The molecule has 2 aromatic heterocycles. The Hall–Kier alpha value is -3.02. The van der Waals surface area contributed by atoms with Crippen LogP contribution in [0.3, 0.4) is 0 Å². The Morgan fingerprint density at radius 2 is 1.92 bits per heavy atom.